The molecule has 108 valence electrons. The maximum Gasteiger partial charge on any atom is 0.271 e. The van der Waals surface area contributed by atoms with E-state index in [0.29, 0.717) is 30.8 Å². The molecule has 7 heteroatoms. The summed E-state index contributed by atoms with van der Waals surface area (Å²) in [5.41, 5.74) is 0.272. The Hall–Kier alpha value is -1.47. The number of morpholine rings is 1. The average Bonchev–Trinajstić information content (AvgIpc) is 2.47. The molecule has 20 heavy (non-hydrogen) atoms. The number of carbonyl (C=O) groups is 2. The van der Waals surface area contributed by atoms with Gasteiger partial charge in [0.05, 0.1) is 13.2 Å². The first kappa shape index (κ1) is 14.9. The van der Waals surface area contributed by atoms with Gasteiger partial charge >= 0.3 is 0 Å². The molecule has 1 aliphatic rings. The van der Waals surface area contributed by atoms with Crippen molar-refractivity contribution in [2.24, 2.45) is 0 Å². The van der Waals surface area contributed by atoms with Crippen LogP contribution in [-0.2, 0) is 9.53 Å². The smallest absolute Gasteiger partial charge is 0.271 e. The molecule has 0 aliphatic carbocycles. The summed E-state index contributed by atoms with van der Waals surface area (Å²) < 4.78 is 5.80. The lowest BCUT2D eigenvalue weighted by atomic mass is 10.2. The highest BCUT2D eigenvalue weighted by Gasteiger charge is 2.24. The highest BCUT2D eigenvalue weighted by molar-refractivity contribution is 9.10. The number of halogens is 1. The molecule has 0 spiro atoms. The number of aromatic nitrogens is 1. The van der Waals surface area contributed by atoms with Crippen molar-refractivity contribution in [3.8, 4) is 0 Å². The molecule has 2 amide bonds. The maximum atomic E-state index is 12.2. The first-order valence-electron chi connectivity index (χ1n) is 6.37. The topological polar surface area (TPSA) is 71.5 Å². The molecule has 6 nitrogen and oxygen atoms in total. The van der Waals surface area contributed by atoms with E-state index < -0.39 is 6.04 Å². The molecule has 0 saturated carbocycles. The van der Waals surface area contributed by atoms with Crippen molar-refractivity contribution in [2.45, 2.75) is 13.0 Å². The fraction of sp³-hybridized carbons (Fsp3) is 0.462. The third-order valence-corrected chi connectivity index (χ3v) is 3.65. The molecule has 1 aliphatic heterocycles. The molecule has 0 aromatic carbocycles. The Balaban J connectivity index is 1.97. The van der Waals surface area contributed by atoms with Gasteiger partial charge in [-0.05, 0) is 35.0 Å². The van der Waals surface area contributed by atoms with E-state index in [4.69, 9.17) is 4.74 Å². The summed E-state index contributed by atoms with van der Waals surface area (Å²) in [5, 5.41) is 2.67. The zero-order chi connectivity index (χ0) is 14.5. The minimum atomic E-state index is -0.588. The van der Waals surface area contributed by atoms with Gasteiger partial charge in [-0.3, -0.25) is 9.59 Å². The van der Waals surface area contributed by atoms with E-state index in [2.05, 4.69) is 26.2 Å². The number of ether oxygens (including phenoxy) is 1. The lowest BCUT2D eigenvalue weighted by molar-refractivity contribution is -0.136. The van der Waals surface area contributed by atoms with E-state index in [-0.39, 0.29) is 17.5 Å². The first-order chi connectivity index (χ1) is 9.59. The van der Waals surface area contributed by atoms with Gasteiger partial charge in [0.15, 0.2) is 0 Å². The summed E-state index contributed by atoms with van der Waals surface area (Å²) in [6, 6.07) is 2.87. The normalized spacial score (nSPS) is 16.6. The number of nitrogens with one attached hydrogen (secondary N) is 1. The van der Waals surface area contributed by atoms with E-state index in [1.807, 2.05) is 0 Å². The van der Waals surface area contributed by atoms with Gasteiger partial charge in [-0.15, -0.1) is 0 Å². The number of carbonyl (C=O) groups excluding carboxylic acids is 2. The van der Waals surface area contributed by atoms with Crippen LogP contribution in [0.3, 0.4) is 0 Å². The van der Waals surface area contributed by atoms with E-state index in [9.17, 15) is 9.59 Å². The fourth-order valence-electron chi connectivity index (χ4n) is 1.94. The number of nitrogens with zero attached hydrogens (tertiary/aromatic N) is 2. The molecule has 0 radical (unpaired) electrons. The summed E-state index contributed by atoms with van der Waals surface area (Å²) in [7, 11) is 0. The van der Waals surface area contributed by atoms with Crippen LogP contribution in [-0.4, -0.2) is 54.0 Å². The summed E-state index contributed by atoms with van der Waals surface area (Å²) in [6.07, 6.45) is 1.54. The van der Waals surface area contributed by atoms with Gasteiger partial charge in [-0.2, -0.15) is 0 Å². The van der Waals surface area contributed by atoms with Crippen molar-refractivity contribution < 1.29 is 14.3 Å². The molecule has 1 N–H and O–H groups in total. The van der Waals surface area contributed by atoms with Crippen molar-refractivity contribution in [1.82, 2.24) is 15.2 Å². The Labute approximate surface area is 125 Å². The maximum absolute atomic E-state index is 12.2. The van der Waals surface area contributed by atoms with Crippen LogP contribution in [0.25, 0.3) is 0 Å². The van der Waals surface area contributed by atoms with E-state index in [1.165, 1.54) is 6.20 Å². The molecule has 0 bridgehead atoms. The largest absolute Gasteiger partial charge is 0.378 e. The summed E-state index contributed by atoms with van der Waals surface area (Å²) >= 11 is 3.27. The number of amides is 2. The third-order valence-electron chi connectivity index (χ3n) is 3.01. The van der Waals surface area contributed by atoms with Crippen LogP contribution in [0.2, 0.25) is 0 Å². The lowest BCUT2D eigenvalue weighted by Gasteiger charge is -2.29. The van der Waals surface area contributed by atoms with Crippen LogP contribution in [0, 0.1) is 0 Å². The second-order valence-corrected chi connectivity index (χ2v) is 5.32. The van der Waals surface area contributed by atoms with Gasteiger partial charge < -0.3 is 15.0 Å². The molecular formula is C13H16BrN3O3. The van der Waals surface area contributed by atoms with Gasteiger partial charge in [0, 0.05) is 23.8 Å². The Kier molecular flexibility index (Phi) is 5.08. The van der Waals surface area contributed by atoms with Crippen LogP contribution in [0.5, 0.6) is 0 Å². The average molecular weight is 342 g/mol. The summed E-state index contributed by atoms with van der Waals surface area (Å²) in [5.74, 6) is -0.472. The highest BCUT2D eigenvalue weighted by atomic mass is 79.9. The quantitative estimate of drug-likeness (QED) is 0.883. The number of rotatable bonds is 3. The second-order valence-electron chi connectivity index (χ2n) is 4.47. The van der Waals surface area contributed by atoms with E-state index in [1.54, 1.807) is 24.0 Å². The number of hydrogen-bond donors (Lipinski definition) is 1. The molecule has 1 aromatic heterocycles. The van der Waals surface area contributed by atoms with Crippen LogP contribution in [0.4, 0.5) is 0 Å². The van der Waals surface area contributed by atoms with Gasteiger partial charge in [0.2, 0.25) is 5.91 Å². The molecule has 1 unspecified atom stereocenters. The Morgan fingerprint density at radius 3 is 2.80 bits per heavy atom. The zero-order valence-electron chi connectivity index (χ0n) is 11.1. The Morgan fingerprint density at radius 1 is 1.45 bits per heavy atom. The minimum Gasteiger partial charge on any atom is -0.378 e. The molecule has 2 heterocycles. The predicted octanol–water partition coefficient (Wildman–Crippen LogP) is 0.821. The molecule has 1 saturated heterocycles. The van der Waals surface area contributed by atoms with Crippen molar-refractivity contribution >= 4 is 27.7 Å². The third kappa shape index (κ3) is 3.55. The van der Waals surface area contributed by atoms with Crippen molar-refractivity contribution in [3.63, 3.8) is 0 Å². The SMILES string of the molecule is CC(NC(=O)c1ncccc1Br)C(=O)N1CCOCC1. The fourth-order valence-corrected chi connectivity index (χ4v) is 2.37. The highest BCUT2D eigenvalue weighted by Crippen LogP contribution is 2.13. The molecule has 1 atom stereocenters. The summed E-state index contributed by atoms with van der Waals surface area (Å²) in [4.78, 5) is 29.9. The first-order valence-corrected chi connectivity index (χ1v) is 7.17. The van der Waals surface area contributed by atoms with Crippen LogP contribution < -0.4 is 5.32 Å². The number of pyridine rings is 1. The standard InChI is InChI=1S/C13H16BrN3O3/c1-9(13(19)17-5-7-20-8-6-17)16-12(18)11-10(14)3-2-4-15-11/h2-4,9H,5-8H2,1H3,(H,16,18). The Bertz CT molecular complexity index is 503. The summed E-state index contributed by atoms with van der Waals surface area (Å²) in [6.45, 7) is 3.88. The van der Waals surface area contributed by atoms with Crippen molar-refractivity contribution in [3.05, 3.63) is 28.5 Å². The van der Waals surface area contributed by atoms with Gasteiger partial charge in [0.1, 0.15) is 11.7 Å². The predicted molar refractivity (Wildman–Crippen MR) is 76.3 cm³/mol. The molecule has 1 aromatic rings. The van der Waals surface area contributed by atoms with E-state index >= 15 is 0 Å². The lowest BCUT2D eigenvalue weighted by Crippen LogP contribution is -2.50. The molecule has 1 fully saturated rings. The van der Waals surface area contributed by atoms with Gasteiger partial charge in [-0.1, -0.05) is 0 Å². The monoisotopic (exact) mass is 341 g/mol. The van der Waals surface area contributed by atoms with Crippen LogP contribution in [0.1, 0.15) is 17.4 Å². The Morgan fingerprint density at radius 2 is 2.15 bits per heavy atom. The van der Waals surface area contributed by atoms with Gasteiger partial charge in [0.25, 0.3) is 5.91 Å². The van der Waals surface area contributed by atoms with Crippen LogP contribution >= 0.6 is 15.9 Å². The zero-order valence-corrected chi connectivity index (χ0v) is 12.7. The second kappa shape index (κ2) is 6.81. The molecule has 2 rings (SSSR count). The van der Waals surface area contributed by atoms with E-state index in [0.717, 1.165) is 0 Å². The van der Waals surface area contributed by atoms with Crippen LogP contribution in [0.15, 0.2) is 22.8 Å². The molecular weight excluding hydrogens is 326 g/mol. The number of hydrogen-bond acceptors (Lipinski definition) is 4. The van der Waals surface area contributed by atoms with Crippen molar-refractivity contribution in [1.29, 1.82) is 0 Å². The minimum absolute atomic E-state index is 0.103. The van der Waals surface area contributed by atoms with Crippen molar-refractivity contribution in [2.75, 3.05) is 26.3 Å². The van der Waals surface area contributed by atoms with Gasteiger partial charge in [-0.25, -0.2) is 4.98 Å².